The molecule has 0 saturated carbocycles. The second-order valence-electron chi connectivity index (χ2n) is 5.32. The van der Waals surface area contributed by atoms with Crippen molar-refractivity contribution in [1.29, 1.82) is 0 Å². The maximum Gasteiger partial charge on any atom is 0.0107 e. The molecular weight excluding hydrogens is 186 g/mol. The van der Waals surface area contributed by atoms with Crippen molar-refractivity contribution in [3.05, 3.63) is 0 Å². The summed E-state index contributed by atoms with van der Waals surface area (Å²) in [5.41, 5.74) is 6.19. The van der Waals surface area contributed by atoms with Crippen LogP contribution in [0.2, 0.25) is 0 Å². The maximum atomic E-state index is 6.19. The first-order valence-corrected chi connectivity index (χ1v) is 6.28. The number of hydrogen-bond acceptors (Lipinski definition) is 3. The summed E-state index contributed by atoms with van der Waals surface area (Å²) < 4.78 is 0. The highest BCUT2D eigenvalue weighted by Crippen LogP contribution is 2.12. The Bertz CT molecular complexity index is 164. The van der Waals surface area contributed by atoms with Gasteiger partial charge >= 0.3 is 0 Å². The molecular formula is C12H27N3. The number of rotatable bonds is 5. The zero-order chi connectivity index (χ0) is 11.3. The Hall–Kier alpha value is -0.120. The van der Waals surface area contributed by atoms with Gasteiger partial charge < -0.3 is 16.0 Å². The highest BCUT2D eigenvalue weighted by Gasteiger charge is 2.18. The SMILES string of the molecule is CC(C)CC(N)C(C)CN1CCNCC1. The van der Waals surface area contributed by atoms with Gasteiger partial charge in [-0.1, -0.05) is 20.8 Å². The Morgan fingerprint density at radius 3 is 2.33 bits per heavy atom. The van der Waals surface area contributed by atoms with Gasteiger partial charge in [0, 0.05) is 38.8 Å². The standard InChI is InChI=1S/C12H27N3/c1-10(2)8-12(13)11(3)9-15-6-4-14-5-7-15/h10-12,14H,4-9,13H2,1-3H3. The van der Waals surface area contributed by atoms with E-state index < -0.39 is 0 Å². The quantitative estimate of drug-likeness (QED) is 0.713. The molecule has 2 unspecified atom stereocenters. The fourth-order valence-electron chi connectivity index (χ4n) is 2.21. The van der Waals surface area contributed by atoms with Crippen LogP contribution in [0.3, 0.4) is 0 Å². The molecule has 0 aromatic heterocycles. The highest BCUT2D eigenvalue weighted by atomic mass is 15.2. The van der Waals surface area contributed by atoms with Crippen molar-refractivity contribution in [2.45, 2.75) is 33.2 Å². The molecule has 0 bridgehead atoms. The van der Waals surface area contributed by atoms with Crippen LogP contribution in [0.25, 0.3) is 0 Å². The van der Waals surface area contributed by atoms with Gasteiger partial charge in [-0.25, -0.2) is 0 Å². The minimum absolute atomic E-state index is 0.361. The normalized spacial score (nSPS) is 23.0. The lowest BCUT2D eigenvalue weighted by Gasteiger charge is -2.32. The Morgan fingerprint density at radius 1 is 1.20 bits per heavy atom. The average molecular weight is 213 g/mol. The average Bonchev–Trinajstić information content (AvgIpc) is 2.18. The Labute approximate surface area is 94.4 Å². The van der Waals surface area contributed by atoms with E-state index in [0.29, 0.717) is 17.9 Å². The van der Waals surface area contributed by atoms with E-state index >= 15 is 0 Å². The van der Waals surface area contributed by atoms with Crippen LogP contribution in [0.5, 0.6) is 0 Å². The first-order chi connectivity index (χ1) is 7.09. The summed E-state index contributed by atoms with van der Waals surface area (Å²) in [5.74, 6) is 1.33. The molecule has 1 saturated heterocycles. The molecule has 1 aliphatic rings. The van der Waals surface area contributed by atoms with Gasteiger partial charge in [0.1, 0.15) is 0 Å². The van der Waals surface area contributed by atoms with E-state index in [-0.39, 0.29) is 0 Å². The summed E-state index contributed by atoms with van der Waals surface area (Å²) in [5, 5.41) is 3.38. The van der Waals surface area contributed by atoms with Gasteiger partial charge in [0.2, 0.25) is 0 Å². The largest absolute Gasteiger partial charge is 0.327 e. The molecule has 0 aliphatic carbocycles. The Morgan fingerprint density at radius 2 is 1.80 bits per heavy atom. The fourth-order valence-corrected chi connectivity index (χ4v) is 2.21. The van der Waals surface area contributed by atoms with Gasteiger partial charge in [-0.15, -0.1) is 0 Å². The van der Waals surface area contributed by atoms with E-state index in [9.17, 15) is 0 Å². The molecule has 3 nitrogen and oxygen atoms in total. The smallest absolute Gasteiger partial charge is 0.0107 e. The summed E-state index contributed by atoms with van der Waals surface area (Å²) in [7, 11) is 0. The monoisotopic (exact) mass is 213 g/mol. The minimum Gasteiger partial charge on any atom is -0.327 e. The summed E-state index contributed by atoms with van der Waals surface area (Å²) in [6.07, 6.45) is 1.15. The van der Waals surface area contributed by atoms with Crippen molar-refractivity contribution in [3.63, 3.8) is 0 Å². The molecule has 1 aliphatic heterocycles. The van der Waals surface area contributed by atoms with E-state index in [1.165, 1.54) is 13.1 Å². The van der Waals surface area contributed by atoms with Gasteiger partial charge in [0.25, 0.3) is 0 Å². The number of nitrogens with zero attached hydrogens (tertiary/aromatic N) is 1. The number of nitrogens with one attached hydrogen (secondary N) is 1. The van der Waals surface area contributed by atoms with Gasteiger partial charge in [0.15, 0.2) is 0 Å². The van der Waals surface area contributed by atoms with E-state index in [4.69, 9.17) is 5.73 Å². The molecule has 0 aromatic carbocycles. The van der Waals surface area contributed by atoms with E-state index in [0.717, 1.165) is 26.1 Å². The maximum absolute atomic E-state index is 6.19. The van der Waals surface area contributed by atoms with E-state index in [1.54, 1.807) is 0 Å². The molecule has 0 spiro atoms. The van der Waals surface area contributed by atoms with Crippen molar-refractivity contribution in [1.82, 2.24) is 10.2 Å². The van der Waals surface area contributed by atoms with Crippen molar-refractivity contribution in [2.24, 2.45) is 17.6 Å². The lowest BCUT2D eigenvalue weighted by molar-refractivity contribution is 0.193. The predicted molar refractivity (Wildman–Crippen MR) is 65.9 cm³/mol. The second-order valence-corrected chi connectivity index (χ2v) is 5.32. The fraction of sp³-hybridized carbons (Fsp3) is 1.00. The van der Waals surface area contributed by atoms with Crippen LogP contribution in [0.1, 0.15) is 27.2 Å². The lowest BCUT2D eigenvalue weighted by Crippen LogP contribution is -2.47. The number of piperazine rings is 1. The molecule has 90 valence electrons. The van der Waals surface area contributed by atoms with Crippen LogP contribution >= 0.6 is 0 Å². The molecule has 3 heteroatoms. The summed E-state index contributed by atoms with van der Waals surface area (Å²) in [4.78, 5) is 2.53. The molecule has 3 N–H and O–H groups in total. The predicted octanol–water partition coefficient (Wildman–Crippen LogP) is 0.901. The lowest BCUT2D eigenvalue weighted by atomic mass is 9.93. The Balaban J connectivity index is 2.23. The molecule has 1 rings (SSSR count). The molecule has 0 radical (unpaired) electrons. The van der Waals surface area contributed by atoms with Crippen molar-refractivity contribution >= 4 is 0 Å². The first kappa shape index (κ1) is 12.9. The zero-order valence-electron chi connectivity index (χ0n) is 10.5. The minimum atomic E-state index is 0.361. The third-order valence-electron chi connectivity index (χ3n) is 3.23. The van der Waals surface area contributed by atoms with Crippen LogP contribution in [0.15, 0.2) is 0 Å². The summed E-state index contributed by atoms with van der Waals surface area (Å²) >= 11 is 0. The first-order valence-electron chi connectivity index (χ1n) is 6.28. The molecule has 0 aromatic rings. The van der Waals surface area contributed by atoms with Crippen LogP contribution in [-0.2, 0) is 0 Å². The molecule has 2 atom stereocenters. The van der Waals surface area contributed by atoms with E-state index in [1.807, 2.05) is 0 Å². The number of hydrogen-bond donors (Lipinski definition) is 2. The van der Waals surface area contributed by atoms with Gasteiger partial charge in [-0.05, 0) is 18.3 Å². The van der Waals surface area contributed by atoms with Crippen molar-refractivity contribution in [3.8, 4) is 0 Å². The zero-order valence-corrected chi connectivity index (χ0v) is 10.5. The topological polar surface area (TPSA) is 41.3 Å². The van der Waals surface area contributed by atoms with Crippen molar-refractivity contribution < 1.29 is 0 Å². The van der Waals surface area contributed by atoms with Gasteiger partial charge in [0.05, 0.1) is 0 Å². The highest BCUT2D eigenvalue weighted by molar-refractivity contribution is 4.76. The Kier molecular flexibility index (Phi) is 5.58. The second kappa shape index (κ2) is 6.46. The number of nitrogens with two attached hydrogens (primary N) is 1. The summed E-state index contributed by atoms with van der Waals surface area (Å²) in [6.45, 7) is 12.6. The van der Waals surface area contributed by atoms with Crippen LogP contribution in [-0.4, -0.2) is 43.7 Å². The van der Waals surface area contributed by atoms with Crippen molar-refractivity contribution in [2.75, 3.05) is 32.7 Å². The summed E-state index contributed by atoms with van der Waals surface area (Å²) in [6, 6.07) is 0.361. The van der Waals surface area contributed by atoms with E-state index in [2.05, 4.69) is 31.0 Å². The van der Waals surface area contributed by atoms with Gasteiger partial charge in [-0.3, -0.25) is 0 Å². The van der Waals surface area contributed by atoms with Crippen LogP contribution in [0, 0.1) is 11.8 Å². The van der Waals surface area contributed by atoms with Crippen LogP contribution < -0.4 is 11.1 Å². The molecule has 15 heavy (non-hydrogen) atoms. The molecule has 1 fully saturated rings. The molecule has 1 heterocycles. The van der Waals surface area contributed by atoms with Gasteiger partial charge in [-0.2, -0.15) is 0 Å². The van der Waals surface area contributed by atoms with Crippen LogP contribution in [0.4, 0.5) is 0 Å². The third kappa shape index (κ3) is 4.96. The molecule has 0 amide bonds. The third-order valence-corrected chi connectivity index (χ3v) is 3.23.